The highest BCUT2D eigenvalue weighted by atomic mass is 79.9. The maximum absolute atomic E-state index is 11.9. The molecule has 1 atom stereocenters. The molecule has 0 saturated heterocycles. The van der Waals surface area contributed by atoms with Crippen molar-refractivity contribution in [1.82, 2.24) is 4.90 Å². The van der Waals surface area contributed by atoms with Gasteiger partial charge in [-0.05, 0) is 26.1 Å². The van der Waals surface area contributed by atoms with Crippen LogP contribution in [0.5, 0.6) is 0 Å². The topological polar surface area (TPSA) is 29.5 Å². The van der Waals surface area contributed by atoms with Crippen molar-refractivity contribution in [3.8, 4) is 0 Å². The quantitative estimate of drug-likeness (QED) is 0.725. The number of benzene rings is 1. The van der Waals surface area contributed by atoms with E-state index in [4.69, 9.17) is 4.74 Å². The monoisotopic (exact) mass is 313 g/mol. The summed E-state index contributed by atoms with van der Waals surface area (Å²) in [5.41, 5.74) is 0.770. The molecule has 0 aromatic heterocycles. The van der Waals surface area contributed by atoms with Gasteiger partial charge in [-0.15, -0.1) is 0 Å². The van der Waals surface area contributed by atoms with E-state index in [0.717, 1.165) is 23.1 Å². The van der Waals surface area contributed by atoms with Crippen LogP contribution >= 0.6 is 15.9 Å². The average molecular weight is 314 g/mol. The Morgan fingerprint density at radius 3 is 2.56 bits per heavy atom. The lowest BCUT2D eigenvalue weighted by Gasteiger charge is -2.19. The van der Waals surface area contributed by atoms with Crippen molar-refractivity contribution < 1.29 is 9.53 Å². The van der Waals surface area contributed by atoms with Crippen LogP contribution in [0.4, 0.5) is 0 Å². The SMILES string of the molecule is COC(C)CN(C)CCC(=O)c1ccc(Br)cc1. The highest BCUT2D eigenvalue weighted by Gasteiger charge is 2.09. The van der Waals surface area contributed by atoms with Crippen LogP contribution in [-0.2, 0) is 4.74 Å². The number of carbonyl (C=O) groups is 1. The van der Waals surface area contributed by atoms with Gasteiger partial charge in [0.15, 0.2) is 5.78 Å². The second kappa shape index (κ2) is 7.67. The highest BCUT2D eigenvalue weighted by molar-refractivity contribution is 9.10. The first-order valence-corrected chi connectivity index (χ1v) is 6.82. The van der Waals surface area contributed by atoms with Gasteiger partial charge in [-0.3, -0.25) is 4.79 Å². The third kappa shape index (κ3) is 5.29. The minimum atomic E-state index is 0.180. The molecule has 0 fully saturated rings. The van der Waals surface area contributed by atoms with Gasteiger partial charge in [-0.2, -0.15) is 0 Å². The third-order valence-corrected chi connectivity index (χ3v) is 3.39. The molecule has 4 heteroatoms. The summed E-state index contributed by atoms with van der Waals surface area (Å²) in [5, 5.41) is 0. The van der Waals surface area contributed by atoms with Crippen LogP contribution in [0.25, 0.3) is 0 Å². The predicted octanol–water partition coefficient (Wildman–Crippen LogP) is 2.99. The van der Waals surface area contributed by atoms with Crippen LogP contribution < -0.4 is 0 Å². The summed E-state index contributed by atoms with van der Waals surface area (Å²) in [6.07, 6.45) is 0.729. The predicted molar refractivity (Wildman–Crippen MR) is 77.1 cm³/mol. The minimum Gasteiger partial charge on any atom is -0.380 e. The van der Waals surface area contributed by atoms with Crippen molar-refractivity contribution in [2.24, 2.45) is 0 Å². The summed E-state index contributed by atoms with van der Waals surface area (Å²) in [4.78, 5) is 14.1. The number of methoxy groups -OCH3 is 1. The Kier molecular flexibility index (Phi) is 6.54. The van der Waals surface area contributed by atoms with E-state index >= 15 is 0 Å². The van der Waals surface area contributed by atoms with Gasteiger partial charge >= 0.3 is 0 Å². The average Bonchev–Trinajstić information content (AvgIpc) is 2.36. The van der Waals surface area contributed by atoms with E-state index in [-0.39, 0.29) is 11.9 Å². The molecule has 18 heavy (non-hydrogen) atoms. The summed E-state index contributed by atoms with van der Waals surface area (Å²) >= 11 is 3.36. The summed E-state index contributed by atoms with van der Waals surface area (Å²) < 4.78 is 6.18. The molecule has 1 aromatic carbocycles. The largest absolute Gasteiger partial charge is 0.380 e. The molecule has 0 bridgehead atoms. The summed E-state index contributed by atoms with van der Waals surface area (Å²) in [7, 11) is 3.70. The molecule has 0 saturated carbocycles. The lowest BCUT2D eigenvalue weighted by Crippen LogP contribution is -2.30. The molecule has 0 heterocycles. The van der Waals surface area contributed by atoms with E-state index < -0.39 is 0 Å². The number of ketones is 1. The first-order chi connectivity index (χ1) is 8.52. The fourth-order valence-electron chi connectivity index (χ4n) is 1.68. The van der Waals surface area contributed by atoms with Gasteiger partial charge in [0.1, 0.15) is 0 Å². The maximum atomic E-state index is 11.9. The Labute approximate surface area is 117 Å². The van der Waals surface area contributed by atoms with Gasteiger partial charge in [0.25, 0.3) is 0 Å². The molecular formula is C14H20BrNO2. The van der Waals surface area contributed by atoms with Crippen LogP contribution in [-0.4, -0.2) is 44.0 Å². The van der Waals surface area contributed by atoms with E-state index in [1.165, 1.54) is 0 Å². The number of hydrogen-bond donors (Lipinski definition) is 0. The molecule has 0 radical (unpaired) electrons. The molecule has 3 nitrogen and oxygen atoms in total. The Hall–Kier alpha value is -0.710. The Balaban J connectivity index is 2.39. The molecule has 1 aromatic rings. The molecule has 0 N–H and O–H groups in total. The van der Waals surface area contributed by atoms with Crippen LogP contribution in [0.2, 0.25) is 0 Å². The number of halogens is 1. The first-order valence-electron chi connectivity index (χ1n) is 6.03. The van der Waals surface area contributed by atoms with Crippen LogP contribution in [0.1, 0.15) is 23.7 Å². The zero-order valence-corrected chi connectivity index (χ0v) is 12.7. The second-order valence-electron chi connectivity index (χ2n) is 4.49. The second-order valence-corrected chi connectivity index (χ2v) is 5.40. The molecule has 1 unspecified atom stereocenters. The van der Waals surface area contributed by atoms with Crippen molar-refractivity contribution in [2.45, 2.75) is 19.4 Å². The standard InChI is InChI=1S/C14H20BrNO2/c1-11(18-3)10-16(2)9-8-14(17)12-4-6-13(15)7-5-12/h4-7,11H,8-10H2,1-3H3. The molecular weight excluding hydrogens is 294 g/mol. The van der Waals surface area contributed by atoms with Crippen molar-refractivity contribution in [3.05, 3.63) is 34.3 Å². The zero-order valence-electron chi connectivity index (χ0n) is 11.1. The van der Waals surface area contributed by atoms with Gasteiger partial charge in [-0.25, -0.2) is 0 Å². The number of Topliss-reactive ketones (excluding diaryl/α,β-unsaturated/α-hetero) is 1. The van der Waals surface area contributed by atoms with Crippen LogP contribution in [0.15, 0.2) is 28.7 Å². The number of rotatable bonds is 7. The summed E-state index contributed by atoms with van der Waals surface area (Å²) in [5.74, 6) is 0.180. The normalized spacial score (nSPS) is 12.7. The van der Waals surface area contributed by atoms with Crippen molar-refractivity contribution in [3.63, 3.8) is 0 Å². The molecule has 100 valence electrons. The summed E-state index contributed by atoms with van der Waals surface area (Å²) in [6, 6.07) is 7.49. The zero-order chi connectivity index (χ0) is 13.5. The number of carbonyl (C=O) groups excluding carboxylic acids is 1. The van der Waals surface area contributed by atoms with Crippen LogP contribution in [0.3, 0.4) is 0 Å². The molecule has 0 amide bonds. The Morgan fingerprint density at radius 2 is 2.00 bits per heavy atom. The third-order valence-electron chi connectivity index (χ3n) is 2.86. The van der Waals surface area contributed by atoms with Crippen molar-refractivity contribution in [1.29, 1.82) is 0 Å². The van der Waals surface area contributed by atoms with Gasteiger partial charge in [0.2, 0.25) is 0 Å². The lowest BCUT2D eigenvalue weighted by molar-refractivity contribution is 0.0812. The Bertz CT molecular complexity index is 378. The van der Waals surface area contributed by atoms with Gasteiger partial charge < -0.3 is 9.64 Å². The fraction of sp³-hybridized carbons (Fsp3) is 0.500. The first kappa shape index (κ1) is 15.3. The highest BCUT2D eigenvalue weighted by Crippen LogP contribution is 2.12. The number of hydrogen-bond acceptors (Lipinski definition) is 3. The van der Waals surface area contributed by atoms with Crippen molar-refractivity contribution >= 4 is 21.7 Å². The number of nitrogens with zero attached hydrogens (tertiary/aromatic N) is 1. The van der Waals surface area contributed by atoms with Gasteiger partial charge in [-0.1, -0.05) is 28.1 Å². The van der Waals surface area contributed by atoms with Gasteiger partial charge in [0, 0.05) is 36.7 Å². The number of likely N-dealkylation sites (N-methyl/N-ethyl adjacent to an activating group) is 1. The Morgan fingerprint density at radius 1 is 1.39 bits per heavy atom. The summed E-state index contributed by atoms with van der Waals surface area (Å²) in [6.45, 7) is 3.61. The molecule has 0 aliphatic carbocycles. The lowest BCUT2D eigenvalue weighted by atomic mass is 10.1. The number of ether oxygens (including phenoxy) is 1. The van der Waals surface area contributed by atoms with E-state index in [0.29, 0.717) is 6.42 Å². The van der Waals surface area contributed by atoms with E-state index in [1.54, 1.807) is 7.11 Å². The van der Waals surface area contributed by atoms with E-state index in [2.05, 4.69) is 20.8 Å². The van der Waals surface area contributed by atoms with E-state index in [1.807, 2.05) is 38.2 Å². The van der Waals surface area contributed by atoms with Gasteiger partial charge in [0.05, 0.1) is 6.10 Å². The maximum Gasteiger partial charge on any atom is 0.164 e. The molecule has 0 aliphatic rings. The minimum absolute atomic E-state index is 0.180. The van der Waals surface area contributed by atoms with Crippen molar-refractivity contribution in [2.75, 3.05) is 27.2 Å². The van der Waals surface area contributed by atoms with Crippen LogP contribution in [0, 0.1) is 0 Å². The molecule has 0 aliphatic heterocycles. The molecule has 1 rings (SSSR count). The van der Waals surface area contributed by atoms with E-state index in [9.17, 15) is 4.79 Å². The molecule has 0 spiro atoms. The smallest absolute Gasteiger partial charge is 0.164 e. The fourth-order valence-corrected chi connectivity index (χ4v) is 1.94.